The zero-order valence-corrected chi connectivity index (χ0v) is 10.7. The average Bonchev–Trinajstić information content (AvgIpc) is 2.26. The fraction of sp³-hybridized carbons (Fsp3) is 0.571. The Balaban J connectivity index is 0.00000225. The van der Waals surface area contributed by atoms with Crippen LogP contribution in [0.1, 0.15) is 51.0 Å². The van der Waals surface area contributed by atoms with Crippen molar-refractivity contribution >= 4 is 0 Å². The normalized spacial score (nSPS) is 9.81. The van der Waals surface area contributed by atoms with Crippen molar-refractivity contribution in [3.63, 3.8) is 0 Å². The standard InChI is InChI=1S/C14H22O.H3N/c1-2-3-4-5-6-7-8-13-9-11-14(15)12-10-13;/h9-12,15H,2-8H2,1H3;1H3. The van der Waals surface area contributed by atoms with Crippen molar-refractivity contribution in [2.24, 2.45) is 0 Å². The number of quaternary nitrogens is 1. The predicted octanol–water partition coefficient (Wildman–Crippen LogP) is 4.04. The summed E-state index contributed by atoms with van der Waals surface area (Å²) in [7, 11) is 0. The van der Waals surface area contributed by atoms with Gasteiger partial charge in [-0.05, 0) is 18.4 Å². The summed E-state index contributed by atoms with van der Waals surface area (Å²) < 4.78 is 0. The first kappa shape index (κ1) is 15.0. The van der Waals surface area contributed by atoms with Crippen molar-refractivity contribution in [2.45, 2.75) is 51.9 Å². The Morgan fingerprint density at radius 3 is 2.06 bits per heavy atom. The van der Waals surface area contributed by atoms with E-state index in [1.165, 1.54) is 44.1 Å². The lowest BCUT2D eigenvalue weighted by Crippen LogP contribution is -1.90. The van der Waals surface area contributed by atoms with Crippen LogP contribution in [0.4, 0.5) is 0 Å². The lowest BCUT2D eigenvalue weighted by Gasteiger charge is -2.06. The number of hydrogen-bond donors (Lipinski definition) is 1. The molecule has 2 heteroatoms. The molecule has 4 N–H and O–H groups in total. The molecule has 1 aromatic rings. The molecule has 0 saturated carbocycles. The quantitative estimate of drug-likeness (QED) is 0.697. The zero-order valence-electron chi connectivity index (χ0n) is 10.7. The molecule has 0 unspecified atom stereocenters. The van der Waals surface area contributed by atoms with Gasteiger partial charge in [-0.15, -0.1) is 5.75 Å². The molecule has 0 aliphatic rings. The topological polar surface area (TPSA) is 59.6 Å². The molecule has 92 valence electrons. The third-order valence-electron chi connectivity index (χ3n) is 2.74. The van der Waals surface area contributed by atoms with Gasteiger partial charge in [0.15, 0.2) is 0 Å². The van der Waals surface area contributed by atoms with E-state index in [2.05, 4.69) is 6.92 Å². The SMILES string of the molecule is CCCCCCCCc1ccc([O-])cc1.[NH4+]. The summed E-state index contributed by atoms with van der Waals surface area (Å²) in [4.78, 5) is 0. The van der Waals surface area contributed by atoms with Gasteiger partial charge in [0.2, 0.25) is 0 Å². The highest BCUT2D eigenvalue weighted by molar-refractivity contribution is 5.24. The molecule has 0 spiro atoms. The largest absolute Gasteiger partial charge is 0.872 e. The van der Waals surface area contributed by atoms with Gasteiger partial charge in [0.1, 0.15) is 0 Å². The van der Waals surface area contributed by atoms with Crippen LogP contribution in [-0.2, 0) is 6.42 Å². The van der Waals surface area contributed by atoms with Gasteiger partial charge < -0.3 is 11.3 Å². The summed E-state index contributed by atoms with van der Waals surface area (Å²) in [6.45, 7) is 2.24. The molecule has 0 atom stereocenters. The summed E-state index contributed by atoms with van der Waals surface area (Å²) >= 11 is 0. The van der Waals surface area contributed by atoms with Crippen LogP contribution < -0.4 is 11.3 Å². The van der Waals surface area contributed by atoms with Gasteiger partial charge in [-0.25, -0.2) is 0 Å². The van der Waals surface area contributed by atoms with E-state index in [-0.39, 0.29) is 11.9 Å². The summed E-state index contributed by atoms with van der Waals surface area (Å²) in [5.41, 5.74) is 1.30. The highest BCUT2D eigenvalue weighted by atomic mass is 16.3. The molecule has 16 heavy (non-hydrogen) atoms. The van der Waals surface area contributed by atoms with Crippen molar-refractivity contribution in [3.05, 3.63) is 29.8 Å². The summed E-state index contributed by atoms with van der Waals surface area (Å²) in [5.74, 6) is 0.113. The summed E-state index contributed by atoms with van der Waals surface area (Å²) in [6.07, 6.45) is 9.09. The maximum Gasteiger partial charge on any atom is -0.0279 e. The molecule has 0 bridgehead atoms. The van der Waals surface area contributed by atoms with Gasteiger partial charge in [-0.3, -0.25) is 0 Å². The molecule has 0 radical (unpaired) electrons. The summed E-state index contributed by atoms with van der Waals surface area (Å²) in [5, 5.41) is 10.9. The van der Waals surface area contributed by atoms with E-state index in [1.807, 2.05) is 12.1 Å². The van der Waals surface area contributed by atoms with E-state index in [9.17, 15) is 5.11 Å². The van der Waals surface area contributed by atoms with Gasteiger partial charge in [0, 0.05) is 0 Å². The molecule has 0 saturated heterocycles. The number of unbranched alkanes of at least 4 members (excludes halogenated alkanes) is 5. The Bertz CT molecular complexity index is 256. The Labute approximate surface area is 99.3 Å². The average molecular weight is 223 g/mol. The van der Waals surface area contributed by atoms with Gasteiger partial charge in [0.25, 0.3) is 0 Å². The highest BCUT2D eigenvalue weighted by Gasteiger charge is 1.92. The minimum Gasteiger partial charge on any atom is -0.872 e. The third kappa shape index (κ3) is 6.46. The molecular weight excluding hydrogens is 198 g/mol. The molecule has 0 heterocycles. The molecule has 1 rings (SSSR count). The smallest absolute Gasteiger partial charge is 0.0279 e. The molecule has 0 aromatic heterocycles. The van der Waals surface area contributed by atoms with Crippen molar-refractivity contribution in [1.82, 2.24) is 6.15 Å². The Hall–Kier alpha value is -1.02. The van der Waals surface area contributed by atoms with Crippen LogP contribution in [0, 0.1) is 0 Å². The first-order valence-corrected chi connectivity index (χ1v) is 6.09. The van der Waals surface area contributed by atoms with Crippen LogP contribution in [0.25, 0.3) is 0 Å². The second-order valence-electron chi connectivity index (χ2n) is 4.16. The van der Waals surface area contributed by atoms with Crippen LogP contribution in [0.5, 0.6) is 5.75 Å². The van der Waals surface area contributed by atoms with E-state index in [1.54, 1.807) is 12.1 Å². The van der Waals surface area contributed by atoms with Crippen LogP contribution in [-0.4, -0.2) is 0 Å². The zero-order chi connectivity index (χ0) is 10.9. The fourth-order valence-corrected chi connectivity index (χ4v) is 1.77. The van der Waals surface area contributed by atoms with Crippen molar-refractivity contribution in [1.29, 1.82) is 0 Å². The molecule has 0 aliphatic heterocycles. The highest BCUT2D eigenvalue weighted by Crippen LogP contribution is 2.12. The second kappa shape index (κ2) is 9.22. The monoisotopic (exact) mass is 223 g/mol. The third-order valence-corrected chi connectivity index (χ3v) is 2.74. The number of aryl methyl sites for hydroxylation is 1. The number of benzene rings is 1. The minimum atomic E-state index is 0. The molecular formula is C14H25NO. The Kier molecular flexibility index (Phi) is 8.64. The summed E-state index contributed by atoms with van der Waals surface area (Å²) in [6, 6.07) is 7.22. The first-order chi connectivity index (χ1) is 7.33. The van der Waals surface area contributed by atoms with E-state index >= 15 is 0 Å². The van der Waals surface area contributed by atoms with Gasteiger partial charge in [-0.1, -0.05) is 63.3 Å². The van der Waals surface area contributed by atoms with Crippen LogP contribution in [0.15, 0.2) is 24.3 Å². The van der Waals surface area contributed by atoms with Crippen LogP contribution >= 0.6 is 0 Å². The van der Waals surface area contributed by atoms with E-state index < -0.39 is 0 Å². The van der Waals surface area contributed by atoms with Gasteiger partial charge in [0.05, 0.1) is 0 Å². The lowest BCUT2D eigenvalue weighted by molar-refractivity contribution is -0.268. The predicted molar refractivity (Wildman–Crippen MR) is 69.0 cm³/mol. The molecule has 0 amide bonds. The maximum absolute atomic E-state index is 10.9. The number of rotatable bonds is 7. The molecule has 0 aliphatic carbocycles. The minimum absolute atomic E-state index is 0. The number of hydrogen-bond acceptors (Lipinski definition) is 1. The van der Waals surface area contributed by atoms with Crippen molar-refractivity contribution < 1.29 is 5.11 Å². The Morgan fingerprint density at radius 2 is 1.44 bits per heavy atom. The van der Waals surface area contributed by atoms with E-state index in [0.717, 1.165) is 6.42 Å². The second-order valence-corrected chi connectivity index (χ2v) is 4.16. The molecule has 1 aromatic carbocycles. The Morgan fingerprint density at radius 1 is 0.875 bits per heavy atom. The lowest BCUT2D eigenvalue weighted by atomic mass is 10.1. The van der Waals surface area contributed by atoms with Gasteiger partial charge in [-0.2, -0.15) is 0 Å². The van der Waals surface area contributed by atoms with Gasteiger partial charge >= 0.3 is 0 Å². The van der Waals surface area contributed by atoms with Crippen LogP contribution in [0.2, 0.25) is 0 Å². The molecule has 2 nitrogen and oxygen atoms in total. The molecule has 0 fully saturated rings. The first-order valence-electron chi connectivity index (χ1n) is 6.09. The van der Waals surface area contributed by atoms with Crippen molar-refractivity contribution in [2.75, 3.05) is 0 Å². The fourth-order valence-electron chi connectivity index (χ4n) is 1.77. The van der Waals surface area contributed by atoms with E-state index in [4.69, 9.17) is 0 Å². The van der Waals surface area contributed by atoms with E-state index in [0.29, 0.717) is 0 Å². The van der Waals surface area contributed by atoms with Crippen LogP contribution in [0.3, 0.4) is 0 Å². The maximum atomic E-state index is 10.9. The van der Waals surface area contributed by atoms with Crippen molar-refractivity contribution in [3.8, 4) is 5.75 Å².